The van der Waals surface area contributed by atoms with Crippen molar-refractivity contribution in [1.82, 2.24) is 15.3 Å². The topological polar surface area (TPSA) is 41.0 Å². The first kappa shape index (κ1) is 12.6. The van der Waals surface area contributed by atoms with Gasteiger partial charge in [0.05, 0.1) is 5.52 Å². The lowest BCUT2D eigenvalue weighted by molar-refractivity contribution is 0.571. The summed E-state index contributed by atoms with van der Waals surface area (Å²) in [4.78, 5) is 11.1. The molecule has 0 amide bonds. The third-order valence-corrected chi connectivity index (χ3v) is 3.79. The lowest BCUT2D eigenvalue weighted by Gasteiger charge is -2.19. The maximum Gasteiger partial charge on any atom is 0.139 e. The van der Waals surface area contributed by atoms with Gasteiger partial charge < -0.3 is 10.2 Å². The van der Waals surface area contributed by atoms with Crippen molar-refractivity contribution < 1.29 is 0 Å². The summed E-state index contributed by atoms with van der Waals surface area (Å²) in [6, 6.07) is 6.35. The molecule has 0 radical (unpaired) electrons. The van der Waals surface area contributed by atoms with E-state index in [9.17, 15) is 0 Å². The van der Waals surface area contributed by atoms with Gasteiger partial charge in [-0.25, -0.2) is 9.97 Å². The number of halogens is 1. The summed E-state index contributed by atoms with van der Waals surface area (Å²) >= 11 is 6.01. The maximum absolute atomic E-state index is 6.01. The van der Waals surface area contributed by atoms with Crippen molar-refractivity contribution in [2.75, 3.05) is 24.5 Å². The van der Waals surface area contributed by atoms with Crippen LogP contribution in [0.4, 0.5) is 5.82 Å². The number of likely N-dealkylation sites (N-methyl/N-ethyl adjacent to an activating group) is 1. The minimum atomic E-state index is 0.558. The third-order valence-electron chi connectivity index (χ3n) is 3.56. The lowest BCUT2D eigenvalue weighted by atomic mass is 10.2. The molecule has 1 fully saturated rings. The Morgan fingerprint density at radius 3 is 3.16 bits per heavy atom. The molecule has 1 aliphatic heterocycles. The summed E-state index contributed by atoms with van der Waals surface area (Å²) in [5.41, 5.74) is 0.907. The molecule has 1 aliphatic rings. The SMILES string of the molecule is CCNC1CCN(c2ncnc3cc(Cl)ccc23)C1. The minimum Gasteiger partial charge on any atom is -0.354 e. The summed E-state index contributed by atoms with van der Waals surface area (Å²) < 4.78 is 0. The highest BCUT2D eigenvalue weighted by molar-refractivity contribution is 6.31. The van der Waals surface area contributed by atoms with Crippen LogP contribution in [0, 0.1) is 0 Å². The Labute approximate surface area is 117 Å². The molecule has 0 spiro atoms. The Bertz CT molecular complexity index is 587. The number of rotatable bonds is 3. The Morgan fingerprint density at radius 2 is 2.32 bits per heavy atom. The first-order chi connectivity index (χ1) is 9.28. The molecule has 1 unspecified atom stereocenters. The van der Waals surface area contributed by atoms with Crippen LogP contribution in [0.5, 0.6) is 0 Å². The van der Waals surface area contributed by atoms with Crippen molar-refractivity contribution in [3.63, 3.8) is 0 Å². The van der Waals surface area contributed by atoms with Crippen LogP contribution in [0.3, 0.4) is 0 Å². The molecule has 0 aliphatic carbocycles. The predicted molar refractivity (Wildman–Crippen MR) is 78.8 cm³/mol. The smallest absolute Gasteiger partial charge is 0.139 e. The van der Waals surface area contributed by atoms with E-state index in [0.717, 1.165) is 42.8 Å². The second-order valence-electron chi connectivity index (χ2n) is 4.85. The number of anilines is 1. The van der Waals surface area contributed by atoms with Gasteiger partial charge in [0.1, 0.15) is 12.1 Å². The van der Waals surface area contributed by atoms with Gasteiger partial charge in [0.15, 0.2) is 0 Å². The highest BCUT2D eigenvalue weighted by atomic mass is 35.5. The van der Waals surface area contributed by atoms with Gasteiger partial charge in [-0.3, -0.25) is 0 Å². The van der Waals surface area contributed by atoms with Crippen molar-refractivity contribution in [2.24, 2.45) is 0 Å². The van der Waals surface area contributed by atoms with Crippen LogP contribution in [0.2, 0.25) is 5.02 Å². The van der Waals surface area contributed by atoms with Crippen LogP contribution >= 0.6 is 11.6 Å². The number of fused-ring (bicyclic) bond motifs is 1. The third kappa shape index (κ3) is 2.51. The fourth-order valence-electron chi connectivity index (χ4n) is 2.68. The number of nitrogens with zero attached hydrogens (tertiary/aromatic N) is 3. The number of benzene rings is 1. The molecule has 0 saturated carbocycles. The summed E-state index contributed by atoms with van der Waals surface area (Å²) in [5, 5.41) is 5.28. The van der Waals surface area contributed by atoms with Gasteiger partial charge in [-0.2, -0.15) is 0 Å². The second-order valence-corrected chi connectivity index (χ2v) is 5.28. The molecule has 5 heteroatoms. The van der Waals surface area contributed by atoms with Crippen LogP contribution in [-0.4, -0.2) is 35.6 Å². The first-order valence-corrected chi connectivity index (χ1v) is 7.04. The van der Waals surface area contributed by atoms with Crippen molar-refractivity contribution in [2.45, 2.75) is 19.4 Å². The fourth-order valence-corrected chi connectivity index (χ4v) is 2.84. The van der Waals surface area contributed by atoms with E-state index in [-0.39, 0.29) is 0 Å². The van der Waals surface area contributed by atoms with Crippen LogP contribution in [-0.2, 0) is 0 Å². The number of hydrogen-bond donors (Lipinski definition) is 1. The lowest BCUT2D eigenvalue weighted by Crippen LogP contribution is -2.32. The molecule has 1 N–H and O–H groups in total. The van der Waals surface area contributed by atoms with E-state index in [2.05, 4.69) is 27.1 Å². The van der Waals surface area contributed by atoms with Gasteiger partial charge >= 0.3 is 0 Å². The molecule has 0 bridgehead atoms. The average Bonchev–Trinajstić information content (AvgIpc) is 2.86. The van der Waals surface area contributed by atoms with Crippen molar-refractivity contribution in [1.29, 1.82) is 0 Å². The molecule has 3 rings (SSSR count). The van der Waals surface area contributed by atoms with E-state index in [1.807, 2.05) is 18.2 Å². The molecular weight excluding hydrogens is 260 g/mol. The quantitative estimate of drug-likeness (QED) is 0.935. The van der Waals surface area contributed by atoms with E-state index in [0.29, 0.717) is 11.1 Å². The molecule has 1 aromatic carbocycles. The Morgan fingerprint density at radius 1 is 1.42 bits per heavy atom. The van der Waals surface area contributed by atoms with Crippen molar-refractivity contribution >= 4 is 28.3 Å². The highest BCUT2D eigenvalue weighted by Gasteiger charge is 2.23. The molecule has 19 heavy (non-hydrogen) atoms. The number of nitrogens with one attached hydrogen (secondary N) is 1. The molecule has 4 nitrogen and oxygen atoms in total. The normalized spacial score (nSPS) is 19.3. The van der Waals surface area contributed by atoms with Gasteiger partial charge in [0.2, 0.25) is 0 Å². The molecule has 2 heterocycles. The standard InChI is InChI=1S/C14H17ClN4/c1-2-16-11-5-6-19(8-11)14-12-4-3-10(15)7-13(12)17-9-18-14/h3-4,7,9,11,16H,2,5-6,8H2,1H3. The minimum absolute atomic E-state index is 0.558. The summed E-state index contributed by atoms with van der Waals surface area (Å²) in [6.45, 7) is 5.19. The first-order valence-electron chi connectivity index (χ1n) is 6.66. The van der Waals surface area contributed by atoms with Crippen molar-refractivity contribution in [3.05, 3.63) is 29.5 Å². The Hall–Kier alpha value is -1.39. The molecule has 1 aromatic heterocycles. The van der Waals surface area contributed by atoms with Gasteiger partial charge in [-0.15, -0.1) is 0 Å². The van der Waals surface area contributed by atoms with Gasteiger partial charge in [0, 0.05) is 29.5 Å². The van der Waals surface area contributed by atoms with Crippen molar-refractivity contribution in [3.8, 4) is 0 Å². The predicted octanol–water partition coefficient (Wildman–Crippen LogP) is 2.47. The second kappa shape index (κ2) is 5.31. The fraction of sp³-hybridized carbons (Fsp3) is 0.429. The summed E-state index contributed by atoms with van der Waals surface area (Å²) in [6.07, 6.45) is 2.78. The zero-order chi connectivity index (χ0) is 13.2. The van der Waals surface area contributed by atoms with Gasteiger partial charge in [-0.05, 0) is 31.2 Å². The molecular formula is C14H17ClN4. The number of aromatic nitrogens is 2. The molecule has 1 atom stereocenters. The maximum atomic E-state index is 6.01. The zero-order valence-electron chi connectivity index (χ0n) is 10.9. The molecule has 1 saturated heterocycles. The average molecular weight is 277 g/mol. The highest BCUT2D eigenvalue weighted by Crippen LogP contribution is 2.27. The monoisotopic (exact) mass is 276 g/mol. The van der Waals surface area contributed by atoms with E-state index in [1.54, 1.807) is 6.33 Å². The van der Waals surface area contributed by atoms with Gasteiger partial charge in [-0.1, -0.05) is 18.5 Å². The van der Waals surface area contributed by atoms with E-state index in [4.69, 9.17) is 11.6 Å². The van der Waals surface area contributed by atoms with Crippen LogP contribution < -0.4 is 10.2 Å². The largest absolute Gasteiger partial charge is 0.354 e. The van der Waals surface area contributed by atoms with Gasteiger partial charge in [0.25, 0.3) is 0 Å². The van der Waals surface area contributed by atoms with E-state index >= 15 is 0 Å². The molecule has 2 aromatic rings. The zero-order valence-corrected chi connectivity index (χ0v) is 11.7. The van der Waals surface area contributed by atoms with Crippen LogP contribution in [0.15, 0.2) is 24.5 Å². The van der Waals surface area contributed by atoms with E-state index in [1.165, 1.54) is 0 Å². The summed E-state index contributed by atoms with van der Waals surface area (Å²) in [5.74, 6) is 1.02. The number of hydrogen-bond acceptors (Lipinski definition) is 4. The van der Waals surface area contributed by atoms with Crippen LogP contribution in [0.1, 0.15) is 13.3 Å². The molecule has 100 valence electrons. The summed E-state index contributed by atoms with van der Waals surface area (Å²) in [7, 11) is 0. The van der Waals surface area contributed by atoms with E-state index < -0.39 is 0 Å². The Kier molecular flexibility index (Phi) is 3.53. The van der Waals surface area contributed by atoms with Crippen LogP contribution in [0.25, 0.3) is 10.9 Å². The Balaban J connectivity index is 1.93.